The lowest BCUT2D eigenvalue weighted by Gasteiger charge is -2.19. The second-order valence-electron chi connectivity index (χ2n) is 6.60. The summed E-state index contributed by atoms with van der Waals surface area (Å²) in [5.41, 5.74) is 4.15. The number of nitrogens with one attached hydrogen (secondary N) is 1. The Bertz CT molecular complexity index is 564. The van der Waals surface area contributed by atoms with Crippen molar-refractivity contribution in [3.05, 3.63) is 70.2 Å². The highest BCUT2D eigenvalue weighted by atomic mass is 35.5. The van der Waals surface area contributed by atoms with E-state index in [-0.39, 0.29) is 5.41 Å². The average molecular weight is 302 g/mol. The van der Waals surface area contributed by atoms with Gasteiger partial charge in [-0.3, -0.25) is 0 Å². The smallest absolute Gasteiger partial charge is 0.0406 e. The van der Waals surface area contributed by atoms with Gasteiger partial charge in [0.1, 0.15) is 0 Å². The normalized spacial score (nSPS) is 13.2. The molecule has 1 N–H and O–H groups in total. The van der Waals surface area contributed by atoms with E-state index in [1.165, 1.54) is 16.7 Å². The van der Waals surface area contributed by atoms with Crippen molar-refractivity contribution in [1.29, 1.82) is 0 Å². The van der Waals surface area contributed by atoms with E-state index in [0.29, 0.717) is 6.04 Å². The van der Waals surface area contributed by atoms with E-state index in [0.717, 1.165) is 11.6 Å². The molecule has 0 aliphatic carbocycles. The van der Waals surface area contributed by atoms with Crippen LogP contribution in [-0.2, 0) is 12.0 Å². The lowest BCUT2D eigenvalue weighted by Crippen LogP contribution is -2.18. The predicted molar refractivity (Wildman–Crippen MR) is 91.8 cm³/mol. The van der Waals surface area contributed by atoms with Crippen LogP contribution in [0.5, 0.6) is 0 Å². The zero-order valence-electron chi connectivity index (χ0n) is 13.3. The van der Waals surface area contributed by atoms with E-state index >= 15 is 0 Å². The molecular formula is C19H24ClN. The maximum absolute atomic E-state index is 5.92. The van der Waals surface area contributed by atoms with Crippen LogP contribution in [0.4, 0.5) is 0 Å². The lowest BCUT2D eigenvalue weighted by atomic mass is 9.87. The van der Waals surface area contributed by atoms with Crippen molar-refractivity contribution in [2.45, 2.75) is 45.7 Å². The summed E-state index contributed by atoms with van der Waals surface area (Å²) in [6.45, 7) is 9.76. The molecule has 2 rings (SSSR count). The highest BCUT2D eigenvalue weighted by molar-refractivity contribution is 6.30. The fourth-order valence-electron chi connectivity index (χ4n) is 2.26. The van der Waals surface area contributed by atoms with Crippen LogP contribution < -0.4 is 5.32 Å². The molecule has 0 unspecified atom stereocenters. The minimum Gasteiger partial charge on any atom is -0.306 e. The molecule has 0 aromatic heterocycles. The Morgan fingerprint density at radius 3 is 2.05 bits per heavy atom. The van der Waals surface area contributed by atoms with Crippen LogP contribution in [0.3, 0.4) is 0 Å². The van der Waals surface area contributed by atoms with Crippen LogP contribution in [0.25, 0.3) is 0 Å². The van der Waals surface area contributed by atoms with Gasteiger partial charge in [-0.05, 0) is 41.2 Å². The SMILES string of the molecule is C[C@@H](NCc1ccc(C(C)(C)C)cc1)c1ccc(Cl)cc1. The molecular weight excluding hydrogens is 278 g/mol. The summed E-state index contributed by atoms with van der Waals surface area (Å²) >= 11 is 5.92. The average Bonchev–Trinajstić information content (AvgIpc) is 2.45. The van der Waals surface area contributed by atoms with Gasteiger partial charge in [0.2, 0.25) is 0 Å². The molecule has 0 heterocycles. The van der Waals surface area contributed by atoms with Crippen molar-refractivity contribution in [3.63, 3.8) is 0 Å². The Balaban J connectivity index is 1.95. The van der Waals surface area contributed by atoms with E-state index in [1.807, 2.05) is 12.1 Å². The van der Waals surface area contributed by atoms with Crippen LogP contribution in [0.1, 0.15) is 50.4 Å². The second kappa shape index (κ2) is 6.64. The molecule has 0 saturated heterocycles. The molecule has 1 atom stereocenters. The van der Waals surface area contributed by atoms with Gasteiger partial charge in [-0.15, -0.1) is 0 Å². The molecule has 0 fully saturated rings. The molecule has 0 bridgehead atoms. The third kappa shape index (κ3) is 4.59. The maximum atomic E-state index is 5.92. The largest absolute Gasteiger partial charge is 0.306 e. The van der Waals surface area contributed by atoms with Gasteiger partial charge in [0.15, 0.2) is 0 Å². The standard InChI is InChI=1S/C19H24ClN/c1-14(16-7-11-18(20)12-8-16)21-13-15-5-9-17(10-6-15)19(2,3)4/h5-12,14,21H,13H2,1-4H3/t14-/m1/s1. The molecule has 21 heavy (non-hydrogen) atoms. The van der Waals surface area contributed by atoms with Gasteiger partial charge in [-0.1, -0.05) is 68.8 Å². The van der Waals surface area contributed by atoms with Crippen LogP contribution in [-0.4, -0.2) is 0 Å². The Morgan fingerprint density at radius 1 is 0.952 bits per heavy atom. The Hall–Kier alpha value is -1.31. The van der Waals surface area contributed by atoms with Crippen LogP contribution >= 0.6 is 11.6 Å². The van der Waals surface area contributed by atoms with Gasteiger partial charge in [-0.2, -0.15) is 0 Å². The van der Waals surface area contributed by atoms with Crippen LogP contribution in [0.2, 0.25) is 5.02 Å². The summed E-state index contributed by atoms with van der Waals surface area (Å²) in [7, 11) is 0. The third-order valence-corrected chi connectivity index (χ3v) is 4.05. The zero-order chi connectivity index (χ0) is 15.5. The van der Waals surface area contributed by atoms with Crippen LogP contribution in [0.15, 0.2) is 48.5 Å². The van der Waals surface area contributed by atoms with E-state index in [1.54, 1.807) is 0 Å². The first-order valence-corrected chi connectivity index (χ1v) is 7.82. The summed E-state index contributed by atoms with van der Waals surface area (Å²) in [5, 5.41) is 4.33. The summed E-state index contributed by atoms with van der Waals surface area (Å²) in [6, 6.07) is 17.2. The monoisotopic (exact) mass is 301 g/mol. The van der Waals surface area contributed by atoms with Gasteiger partial charge < -0.3 is 5.32 Å². The summed E-state index contributed by atoms with van der Waals surface area (Å²) in [4.78, 5) is 0. The van der Waals surface area contributed by atoms with Crippen molar-refractivity contribution in [2.24, 2.45) is 0 Å². The molecule has 2 heteroatoms. The van der Waals surface area contributed by atoms with Gasteiger partial charge >= 0.3 is 0 Å². The molecule has 112 valence electrons. The third-order valence-electron chi connectivity index (χ3n) is 3.80. The summed E-state index contributed by atoms with van der Waals surface area (Å²) in [5.74, 6) is 0. The van der Waals surface area contributed by atoms with Gasteiger partial charge in [0, 0.05) is 17.6 Å². The maximum Gasteiger partial charge on any atom is 0.0406 e. The van der Waals surface area contributed by atoms with Crippen molar-refractivity contribution >= 4 is 11.6 Å². The second-order valence-corrected chi connectivity index (χ2v) is 7.04. The predicted octanol–water partition coefficient (Wildman–Crippen LogP) is 5.49. The Morgan fingerprint density at radius 2 is 1.52 bits per heavy atom. The molecule has 2 aromatic rings. The number of halogens is 1. The van der Waals surface area contributed by atoms with Crippen molar-refractivity contribution in [3.8, 4) is 0 Å². The van der Waals surface area contributed by atoms with Crippen LogP contribution in [0, 0.1) is 0 Å². The number of hydrogen-bond donors (Lipinski definition) is 1. The zero-order valence-corrected chi connectivity index (χ0v) is 14.0. The van der Waals surface area contributed by atoms with Crippen molar-refractivity contribution in [2.75, 3.05) is 0 Å². The van der Waals surface area contributed by atoms with E-state index in [9.17, 15) is 0 Å². The van der Waals surface area contributed by atoms with Crippen molar-refractivity contribution in [1.82, 2.24) is 5.32 Å². The molecule has 0 radical (unpaired) electrons. The van der Waals surface area contributed by atoms with E-state index in [2.05, 4.69) is 69.4 Å². The first kappa shape index (κ1) is 16.1. The molecule has 1 nitrogen and oxygen atoms in total. The fourth-order valence-corrected chi connectivity index (χ4v) is 2.39. The number of benzene rings is 2. The minimum atomic E-state index is 0.211. The molecule has 0 spiro atoms. The first-order chi connectivity index (χ1) is 9.86. The van der Waals surface area contributed by atoms with E-state index < -0.39 is 0 Å². The summed E-state index contributed by atoms with van der Waals surface area (Å²) < 4.78 is 0. The van der Waals surface area contributed by atoms with Gasteiger partial charge in [0.05, 0.1) is 0 Å². The first-order valence-electron chi connectivity index (χ1n) is 7.44. The molecule has 0 saturated carbocycles. The Kier molecular flexibility index (Phi) is 5.08. The minimum absolute atomic E-state index is 0.211. The molecule has 0 aliphatic heterocycles. The van der Waals surface area contributed by atoms with Gasteiger partial charge in [-0.25, -0.2) is 0 Å². The quantitative estimate of drug-likeness (QED) is 0.787. The topological polar surface area (TPSA) is 12.0 Å². The highest BCUT2D eigenvalue weighted by Crippen LogP contribution is 2.22. The lowest BCUT2D eigenvalue weighted by molar-refractivity contribution is 0.572. The van der Waals surface area contributed by atoms with E-state index in [4.69, 9.17) is 11.6 Å². The van der Waals surface area contributed by atoms with Gasteiger partial charge in [0.25, 0.3) is 0 Å². The van der Waals surface area contributed by atoms with Crippen molar-refractivity contribution < 1.29 is 0 Å². The number of hydrogen-bond acceptors (Lipinski definition) is 1. The number of rotatable bonds is 4. The molecule has 0 amide bonds. The summed E-state index contributed by atoms with van der Waals surface area (Å²) in [6.07, 6.45) is 0. The fraction of sp³-hybridized carbons (Fsp3) is 0.368. The molecule has 0 aliphatic rings. The Labute approximate surface area is 133 Å². The highest BCUT2D eigenvalue weighted by Gasteiger charge is 2.12. The molecule has 2 aromatic carbocycles.